The first kappa shape index (κ1) is 22.9. The van der Waals surface area contributed by atoms with E-state index in [0.717, 1.165) is 22.3 Å². The van der Waals surface area contributed by atoms with E-state index in [1.807, 2.05) is 42.3 Å². The molecule has 4 rings (SSSR count). The summed E-state index contributed by atoms with van der Waals surface area (Å²) in [6.07, 6.45) is -0.662. The smallest absolute Gasteiger partial charge is 0.411 e. The summed E-state index contributed by atoms with van der Waals surface area (Å²) in [6.45, 7) is 0.0395. The summed E-state index contributed by atoms with van der Waals surface area (Å²) in [5, 5.41) is 13.7. The molecule has 34 heavy (non-hydrogen) atoms. The number of hydrogen-bond acceptors (Lipinski definition) is 4. The zero-order valence-electron chi connectivity index (χ0n) is 17.8. The topological polar surface area (TPSA) is 105 Å². The largest absolute Gasteiger partial charge is 0.472 e. The summed E-state index contributed by atoms with van der Waals surface area (Å²) in [6, 6.07) is 20.5. The van der Waals surface area contributed by atoms with Crippen molar-refractivity contribution in [3.8, 4) is 23.0 Å². The Labute approximate surface area is 200 Å². The van der Waals surface area contributed by atoms with E-state index >= 15 is 0 Å². The Morgan fingerprint density at radius 1 is 0.971 bits per heavy atom. The van der Waals surface area contributed by atoms with Gasteiger partial charge in [0.25, 0.3) is 5.91 Å². The third kappa shape index (κ3) is 5.03. The van der Waals surface area contributed by atoms with Crippen molar-refractivity contribution in [3.63, 3.8) is 0 Å². The Morgan fingerprint density at radius 2 is 1.62 bits per heavy atom. The van der Waals surface area contributed by atoms with Gasteiger partial charge in [-0.2, -0.15) is 0 Å². The van der Waals surface area contributed by atoms with Crippen molar-refractivity contribution in [2.24, 2.45) is 0 Å². The number of carboxylic acids is 1. The Morgan fingerprint density at radius 3 is 2.24 bits per heavy atom. The minimum atomic E-state index is -1.28. The van der Waals surface area contributed by atoms with Crippen LogP contribution in [0.1, 0.15) is 27.4 Å². The molecule has 0 radical (unpaired) electrons. The molecule has 0 saturated heterocycles. The number of aliphatic carboxylic acids is 1. The van der Waals surface area contributed by atoms with Crippen LogP contribution in [0.3, 0.4) is 0 Å². The number of benzene rings is 3. The number of ether oxygens (including phenoxy) is 1. The molecule has 3 aromatic rings. The van der Waals surface area contributed by atoms with Crippen LogP contribution >= 0.6 is 11.6 Å². The molecule has 7 nitrogen and oxygen atoms in total. The summed E-state index contributed by atoms with van der Waals surface area (Å²) < 4.78 is 5.51. The van der Waals surface area contributed by atoms with Crippen LogP contribution in [-0.4, -0.2) is 36.2 Å². The van der Waals surface area contributed by atoms with E-state index in [0.29, 0.717) is 5.69 Å². The minimum Gasteiger partial charge on any atom is -0.472 e. The van der Waals surface area contributed by atoms with Crippen molar-refractivity contribution in [2.75, 3.05) is 18.5 Å². The number of carboxylic acid groups (broad SMARTS) is 1. The van der Waals surface area contributed by atoms with Gasteiger partial charge in [-0.05, 0) is 40.5 Å². The number of fused-ring (bicyclic) bond motifs is 3. The van der Waals surface area contributed by atoms with E-state index in [9.17, 15) is 14.4 Å². The molecule has 0 heterocycles. The second-order valence-corrected chi connectivity index (χ2v) is 7.84. The highest BCUT2D eigenvalue weighted by Crippen LogP contribution is 2.44. The van der Waals surface area contributed by atoms with Gasteiger partial charge >= 0.3 is 12.1 Å². The van der Waals surface area contributed by atoms with Gasteiger partial charge in [-0.3, -0.25) is 10.1 Å². The van der Waals surface area contributed by atoms with Gasteiger partial charge in [0.2, 0.25) is 0 Å². The number of nitrogens with one attached hydrogen (secondary N) is 2. The van der Waals surface area contributed by atoms with Crippen LogP contribution in [-0.2, 0) is 9.53 Å². The highest BCUT2D eigenvalue weighted by molar-refractivity contribution is 6.34. The maximum absolute atomic E-state index is 12.5. The maximum Gasteiger partial charge on any atom is 0.411 e. The summed E-state index contributed by atoms with van der Waals surface area (Å²) in [7, 11) is 0. The molecule has 2 amide bonds. The van der Waals surface area contributed by atoms with Crippen LogP contribution in [0.2, 0.25) is 5.02 Å². The van der Waals surface area contributed by atoms with Crippen LogP contribution in [0, 0.1) is 11.8 Å². The zero-order chi connectivity index (χ0) is 24.1. The van der Waals surface area contributed by atoms with E-state index < -0.39 is 18.0 Å². The molecule has 0 unspecified atom stereocenters. The molecular weight excluding hydrogens is 456 g/mol. The lowest BCUT2D eigenvalue weighted by Crippen LogP contribution is -2.24. The van der Waals surface area contributed by atoms with E-state index in [4.69, 9.17) is 21.4 Å². The van der Waals surface area contributed by atoms with Gasteiger partial charge in [0.1, 0.15) is 6.61 Å². The molecule has 1 aliphatic carbocycles. The first-order chi connectivity index (χ1) is 16.4. The van der Waals surface area contributed by atoms with Crippen molar-refractivity contribution in [3.05, 3.63) is 88.4 Å². The first-order valence-corrected chi connectivity index (χ1v) is 10.7. The van der Waals surface area contributed by atoms with E-state index in [1.165, 1.54) is 18.2 Å². The number of amides is 2. The summed E-state index contributed by atoms with van der Waals surface area (Å²) in [5.41, 5.74) is 5.02. The average Bonchev–Trinajstić information content (AvgIpc) is 3.15. The standard InChI is InChI=1S/C26H19ClN2O5/c27-22-14-16(25(32)28-13-5-10-24(30)31)11-12-23(22)29-26(33)34-15-21-19-8-3-1-6-17(19)18-7-2-4-9-20(18)21/h1-4,6-9,11-12,14,21H,13,15H2,(H,28,32)(H,29,33)(H,30,31). The van der Waals surface area contributed by atoms with Gasteiger partial charge in [0.05, 0.1) is 17.3 Å². The van der Waals surface area contributed by atoms with Crippen molar-refractivity contribution >= 4 is 35.3 Å². The minimum absolute atomic E-state index is 0.0658. The maximum atomic E-state index is 12.5. The van der Waals surface area contributed by atoms with Gasteiger partial charge in [-0.15, -0.1) is 0 Å². The lowest BCUT2D eigenvalue weighted by atomic mass is 9.98. The fraction of sp³-hybridized carbons (Fsp3) is 0.115. The molecular formula is C26H19ClN2O5. The molecule has 0 aliphatic heterocycles. The van der Waals surface area contributed by atoms with Gasteiger partial charge in [-0.1, -0.05) is 66.1 Å². The number of carbonyl (C=O) groups is 3. The van der Waals surface area contributed by atoms with E-state index in [1.54, 1.807) is 0 Å². The van der Waals surface area contributed by atoms with Crippen LogP contribution < -0.4 is 10.6 Å². The lowest BCUT2D eigenvalue weighted by molar-refractivity contribution is -0.130. The molecule has 8 heteroatoms. The van der Waals surface area contributed by atoms with Gasteiger partial charge in [0, 0.05) is 17.4 Å². The van der Waals surface area contributed by atoms with Crippen molar-refractivity contribution in [1.82, 2.24) is 5.32 Å². The average molecular weight is 475 g/mol. The molecule has 170 valence electrons. The zero-order valence-corrected chi connectivity index (χ0v) is 18.6. The third-order valence-corrected chi connectivity index (χ3v) is 5.66. The molecule has 0 saturated carbocycles. The molecule has 1 aliphatic rings. The number of hydrogen-bond donors (Lipinski definition) is 3. The van der Waals surface area contributed by atoms with Crippen LogP contribution in [0.5, 0.6) is 0 Å². The Bertz CT molecular complexity index is 1300. The second-order valence-electron chi connectivity index (χ2n) is 7.43. The SMILES string of the molecule is O=C(O)C#CCNC(=O)c1ccc(NC(=O)OCC2c3ccccc3-c3ccccc32)c(Cl)c1. The molecule has 0 atom stereocenters. The number of anilines is 1. The normalized spacial score (nSPS) is 11.4. The summed E-state index contributed by atoms with van der Waals surface area (Å²) >= 11 is 6.23. The first-order valence-electron chi connectivity index (χ1n) is 10.4. The van der Waals surface area contributed by atoms with Crippen LogP contribution in [0.15, 0.2) is 66.7 Å². The van der Waals surface area contributed by atoms with Crippen molar-refractivity contribution < 1.29 is 24.2 Å². The predicted octanol–water partition coefficient (Wildman–Crippen LogP) is 4.52. The van der Waals surface area contributed by atoms with Gasteiger partial charge in [-0.25, -0.2) is 9.59 Å². The summed E-state index contributed by atoms with van der Waals surface area (Å²) in [5.74, 6) is 2.38. The fourth-order valence-electron chi connectivity index (χ4n) is 3.85. The number of rotatable bonds is 5. The van der Waals surface area contributed by atoms with Crippen molar-refractivity contribution in [2.45, 2.75) is 5.92 Å². The Kier molecular flexibility index (Phi) is 6.81. The molecule has 3 aromatic carbocycles. The Hall–Kier alpha value is -4.28. The van der Waals surface area contributed by atoms with Crippen LogP contribution in [0.25, 0.3) is 11.1 Å². The van der Waals surface area contributed by atoms with E-state index in [2.05, 4.69) is 28.7 Å². The third-order valence-electron chi connectivity index (χ3n) is 5.34. The predicted molar refractivity (Wildman–Crippen MR) is 128 cm³/mol. The molecule has 0 fully saturated rings. The monoisotopic (exact) mass is 474 g/mol. The number of carbonyl (C=O) groups excluding carboxylic acids is 2. The molecule has 0 bridgehead atoms. The van der Waals surface area contributed by atoms with E-state index in [-0.39, 0.29) is 29.7 Å². The molecule has 3 N–H and O–H groups in total. The molecule has 0 aromatic heterocycles. The lowest BCUT2D eigenvalue weighted by Gasteiger charge is -2.15. The highest BCUT2D eigenvalue weighted by Gasteiger charge is 2.29. The fourth-order valence-corrected chi connectivity index (χ4v) is 4.08. The number of halogens is 1. The van der Waals surface area contributed by atoms with Crippen LogP contribution in [0.4, 0.5) is 10.5 Å². The van der Waals surface area contributed by atoms with Gasteiger partial charge in [0.15, 0.2) is 0 Å². The van der Waals surface area contributed by atoms with Crippen molar-refractivity contribution in [1.29, 1.82) is 0 Å². The highest BCUT2D eigenvalue weighted by atomic mass is 35.5. The second kappa shape index (κ2) is 10.1. The quantitative estimate of drug-likeness (QED) is 0.472. The van der Waals surface area contributed by atoms with Gasteiger partial charge < -0.3 is 15.2 Å². The Balaban J connectivity index is 1.37. The molecule has 0 spiro atoms. The summed E-state index contributed by atoms with van der Waals surface area (Å²) in [4.78, 5) is 35.0.